The molecule has 2 aromatic carbocycles. The van der Waals surface area contributed by atoms with Gasteiger partial charge < -0.3 is 10.1 Å². The van der Waals surface area contributed by atoms with Crippen molar-refractivity contribution in [1.29, 1.82) is 0 Å². The van der Waals surface area contributed by atoms with Crippen molar-refractivity contribution in [2.75, 3.05) is 16.6 Å². The Balaban J connectivity index is 1.61. The Bertz CT molecular complexity index is 1560. The molecule has 0 bridgehead atoms. The zero-order valence-electron chi connectivity index (χ0n) is 20.0. The van der Waals surface area contributed by atoms with Gasteiger partial charge in [-0.05, 0) is 68.9 Å². The zero-order valence-corrected chi connectivity index (χ0v) is 21.6. The smallest absolute Gasteiger partial charge is 0.341 e. The highest BCUT2D eigenvalue weighted by Gasteiger charge is 2.28. The molecule has 36 heavy (non-hydrogen) atoms. The van der Waals surface area contributed by atoms with Crippen LogP contribution in [0.25, 0.3) is 11.0 Å². The van der Waals surface area contributed by atoms with Crippen LogP contribution in [0.2, 0.25) is 0 Å². The fourth-order valence-electron chi connectivity index (χ4n) is 4.38. The van der Waals surface area contributed by atoms with E-state index in [0.717, 1.165) is 36.1 Å². The Morgan fingerprint density at radius 1 is 1.00 bits per heavy atom. The normalized spacial score (nSPS) is 13.3. The Hall–Kier alpha value is -3.50. The number of nitrogens with zero attached hydrogens (tertiary/aromatic N) is 2. The van der Waals surface area contributed by atoms with Crippen LogP contribution >= 0.6 is 11.3 Å². The average molecular weight is 523 g/mol. The minimum Gasteiger partial charge on any atom is -0.462 e. The van der Waals surface area contributed by atoms with Crippen LogP contribution in [-0.2, 0) is 27.6 Å². The molecule has 5 rings (SSSR count). The van der Waals surface area contributed by atoms with Crippen LogP contribution in [-0.4, -0.2) is 31.0 Å². The van der Waals surface area contributed by atoms with Crippen LogP contribution in [0.4, 0.5) is 16.6 Å². The van der Waals surface area contributed by atoms with Crippen molar-refractivity contribution >= 4 is 55.0 Å². The van der Waals surface area contributed by atoms with E-state index in [1.807, 2.05) is 12.1 Å². The summed E-state index contributed by atoms with van der Waals surface area (Å²) in [6.45, 7) is 3.78. The topological polar surface area (TPSA) is 110 Å². The highest BCUT2D eigenvalue weighted by atomic mass is 32.2. The molecular weight excluding hydrogens is 496 g/mol. The maximum atomic E-state index is 13.3. The molecule has 0 fully saturated rings. The standard InChI is InChI=1S/C26H26N4O4S2/c1-3-34-26(31)22-17-11-5-8-14-20(17)35-25(22)29-23-24(28-19-13-7-6-12-18(19)27-23)30-36(32,33)21-15-9-4-10-16(21)2/h4,6-7,9-10,12-13,15H,3,5,8,11,14H2,1-2H3,(H,27,29)(H,28,30). The van der Waals surface area contributed by atoms with Crippen molar-refractivity contribution in [3.8, 4) is 0 Å². The Morgan fingerprint density at radius 3 is 2.39 bits per heavy atom. The summed E-state index contributed by atoms with van der Waals surface area (Å²) < 4.78 is 34.6. The maximum Gasteiger partial charge on any atom is 0.341 e. The second-order valence-corrected chi connectivity index (χ2v) is 11.3. The van der Waals surface area contributed by atoms with Gasteiger partial charge >= 0.3 is 5.97 Å². The number of aryl methyl sites for hydroxylation is 2. The first-order chi connectivity index (χ1) is 17.4. The summed E-state index contributed by atoms with van der Waals surface area (Å²) in [5, 5.41) is 3.82. The second-order valence-electron chi connectivity index (χ2n) is 8.54. The number of fused-ring (bicyclic) bond motifs is 2. The summed E-state index contributed by atoms with van der Waals surface area (Å²) in [6.07, 6.45) is 3.77. The van der Waals surface area contributed by atoms with Crippen LogP contribution in [0.5, 0.6) is 0 Å². The molecule has 4 aromatic rings. The third kappa shape index (κ3) is 4.66. The van der Waals surface area contributed by atoms with Gasteiger partial charge in [0.2, 0.25) is 0 Å². The molecule has 2 N–H and O–H groups in total. The van der Waals surface area contributed by atoms with Crippen molar-refractivity contribution in [2.45, 2.75) is 44.4 Å². The molecule has 1 aliphatic rings. The van der Waals surface area contributed by atoms with Crippen molar-refractivity contribution in [3.05, 3.63) is 70.1 Å². The predicted octanol–water partition coefficient (Wildman–Crippen LogP) is 5.60. The maximum absolute atomic E-state index is 13.3. The number of hydrogen-bond acceptors (Lipinski definition) is 8. The third-order valence-electron chi connectivity index (χ3n) is 6.07. The SMILES string of the molecule is CCOC(=O)c1c(Nc2nc3ccccc3nc2NS(=O)(=O)c2ccccc2C)sc2c1CCCC2. The number of benzene rings is 2. The van der Waals surface area contributed by atoms with Gasteiger partial charge in [-0.2, -0.15) is 0 Å². The van der Waals surface area contributed by atoms with Crippen LogP contribution in [0, 0.1) is 6.92 Å². The lowest BCUT2D eigenvalue weighted by molar-refractivity contribution is 0.0526. The number of aromatic nitrogens is 2. The molecular formula is C26H26N4O4S2. The van der Waals surface area contributed by atoms with E-state index in [1.165, 1.54) is 11.3 Å². The Labute approximate surface area is 213 Å². The van der Waals surface area contributed by atoms with Gasteiger partial charge in [0.05, 0.1) is 28.1 Å². The minimum absolute atomic E-state index is 0.0538. The molecule has 0 aliphatic heterocycles. The summed E-state index contributed by atoms with van der Waals surface area (Å²) in [5.41, 5.74) is 3.26. The van der Waals surface area contributed by atoms with E-state index >= 15 is 0 Å². The quantitative estimate of drug-likeness (QED) is 0.304. The molecule has 2 heterocycles. The van der Waals surface area contributed by atoms with Gasteiger partial charge in [-0.3, -0.25) is 4.72 Å². The van der Waals surface area contributed by atoms with Gasteiger partial charge in [0.25, 0.3) is 10.0 Å². The monoisotopic (exact) mass is 522 g/mol. The van der Waals surface area contributed by atoms with Crippen LogP contribution < -0.4 is 10.0 Å². The van der Waals surface area contributed by atoms with Crippen LogP contribution in [0.1, 0.15) is 46.1 Å². The van der Waals surface area contributed by atoms with E-state index in [9.17, 15) is 13.2 Å². The van der Waals surface area contributed by atoms with E-state index in [4.69, 9.17) is 4.74 Å². The van der Waals surface area contributed by atoms with Gasteiger partial charge in [0.1, 0.15) is 5.00 Å². The molecule has 0 spiro atoms. The third-order valence-corrected chi connectivity index (χ3v) is 8.77. The first-order valence-electron chi connectivity index (χ1n) is 11.8. The van der Waals surface area contributed by atoms with E-state index in [2.05, 4.69) is 20.0 Å². The van der Waals surface area contributed by atoms with E-state index in [1.54, 1.807) is 50.2 Å². The van der Waals surface area contributed by atoms with Gasteiger partial charge in [0, 0.05) is 4.88 Å². The highest BCUT2D eigenvalue weighted by Crippen LogP contribution is 2.41. The summed E-state index contributed by atoms with van der Waals surface area (Å²) in [7, 11) is -3.95. The molecule has 0 saturated carbocycles. The Morgan fingerprint density at radius 2 is 1.67 bits per heavy atom. The van der Waals surface area contributed by atoms with E-state index in [0.29, 0.717) is 27.2 Å². The number of anilines is 3. The van der Waals surface area contributed by atoms with Gasteiger partial charge in [0.15, 0.2) is 11.6 Å². The Kier molecular flexibility index (Phi) is 6.63. The summed E-state index contributed by atoms with van der Waals surface area (Å²) in [4.78, 5) is 23.5. The lowest BCUT2D eigenvalue weighted by Gasteiger charge is -2.15. The van der Waals surface area contributed by atoms with Gasteiger partial charge in [-0.25, -0.2) is 23.2 Å². The number of rotatable bonds is 7. The number of sulfonamides is 1. The molecule has 2 aromatic heterocycles. The number of carbonyl (C=O) groups is 1. The van der Waals surface area contributed by atoms with Gasteiger partial charge in [-0.15, -0.1) is 11.3 Å². The zero-order chi connectivity index (χ0) is 25.3. The first-order valence-corrected chi connectivity index (χ1v) is 14.1. The molecule has 1 aliphatic carbocycles. The highest BCUT2D eigenvalue weighted by molar-refractivity contribution is 7.92. The lowest BCUT2D eigenvalue weighted by Crippen LogP contribution is -2.17. The second kappa shape index (κ2) is 9.87. The van der Waals surface area contributed by atoms with Crippen molar-refractivity contribution in [3.63, 3.8) is 0 Å². The number of esters is 1. The molecule has 0 atom stereocenters. The number of ether oxygens (including phenoxy) is 1. The van der Waals surface area contributed by atoms with Crippen LogP contribution in [0.3, 0.4) is 0 Å². The van der Waals surface area contributed by atoms with Crippen LogP contribution in [0.15, 0.2) is 53.4 Å². The molecule has 0 saturated heterocycles. The summed E-state index contributed by atoms with van der Waals surface area (Å²) >= 11 is 1.48. The molecule has 0 unspecified atom stereocenters. The molecule has 186 valence electrons. The molecule has 0 radical (unpaired) electrons. The molecule has 10 heteroatoms. The molecule has 0 amide bonds. The summed E-state index contributed by atoms with van der Waals surface area (Å²) in [6, 6.07) is 14.0. The number of nitrogens with one attached hydrogen (secondary N) is 2. The largest absolute Gasteiger partial charge is 0.462 e. The summed E-state index contributed by atoms with van der Waals surface area (Å²) in [5.74, 6) is -0.122. The van der Waals surface area contributed by atoms with E-state index in [-0.39, 0.29) is 23.1 Å². The van der Waals surface area contributed by atoms with Crippen molar-refractivity contribution < 1.29 is 17.9 Å². The van der Waals surface area contributed by atoms with Crippen molar-refractivity contribution in [2.24, 2.45) is 0 Å². The number of carbonyl (C=O) groups excluding carboxylic acids is 1. The minimum atomic E-state index is -3.95. The number of thiophene rings is 1. The van der Waals surface area contributed by atoms with Crippen molar-refractivity contribution in [1.82, 2.24) is 9.97 Å². The fourth-order valence-corrected chi connectivity index (χ4v) is 6.91. The first kappa shape index (κ1) is 24.2. The van der Waals surface area contributed by atoms with Gasteiger partial charge in [-0.1, -0.05) is 30.3 Å². The number of para-hydroxylation sites is 2. The predicted molar refractivity (Wildman–Crippen MR) is 142 cm³/mol. The molecule has 8 nitrogen and oxygen atoms in total. The fraction of sp³-hybridized carbons (Fsp3) is 0.269. The lowest BCUT2D eigenvalue weighted by atomic mass is 9.95. The van der Waals surface area contributed by atoms with E-state index < -0.39 is 16.0 Å². The number of hydrogen-bond donors (Lipinski definition) is 2. The average Bonchev–Trinajstić information content (AvgIpc) is 3.22.